The van der Waals surface area contributed by atoms with Gasteiger partial charge in [0, 0.05) is 5.56 Å². The lowest BCUT2D eigenvalue weighted by Crippen LogP contribution is -2.02. The van der Waals surface area contributed by atoms with Gasteiger partial charge in [-0.25, -0.2) is 4.39 Å². The molecule has 0 aliphatic heterocycles. The molecular weight excluding hydrogens is 241 g/mol. The van der Waals surface area contributed by atoms with Crippen LogP contribution in [-0.4, -0.2) is 6.54 Å². The summed E-state index contributed by atoms with van der Waals surface area (Å²) in [6.45, 7) is 1.43. The van der Waals surface area contributed by atoms with E-state index in [1.165, 1.54) is 11.6 Å². The second-order valence-corrected chi connectivity index (χ2v) is 4.44. The van der Waals surface area contributed by atoms with Crippen molar-refractivity contribution in [2.75, 3.05) is 6.54 Å². The quantitative estimate of drug-likeness (QED) is 0.865. The largest absolute Gasteiger partial charge is 0.372 e. The normalized spacial score (nSPS) is 10.6. The van der Waals surface area contributed by atoms with Gasteiger partial charge in [-0.15, -0.1) is 0 Å². The lowest BCUT2D eigenvalue weighted by molar-refractivity contribution is 0.105. The highest BCUT2D eigenvalue weighted by molar-refractivity contribution is 5.22. The zero-order valence-electron chi connectivity index (χ0n) is 10.8. The average Bonchev–Trinajstić information content (AvgIpc) is 2.43. The molecule has 0 saturated carbocycles. The van der Waals surface area contributed by atoms with E-state index >= 15 is 0 Å². The molecule has 0 bridgehead atoms. The van der Waals surface area contributed by atoms with Gasteiger partial charge in [0.2, 0.25) is 0 Å². The molecule has 19 heavy (non-hydrogen) atoms. The zero-order valence-corrected chi connectivity index (χ0v) is 10.8. The molecule has 0 amide bonds. The first kappa shape index (κ1) is 13.7. The molecule has 0 aliphatic rings. The molecule has 2 N–H and O–H groups in total. The molecule has 2 aromatic rings. The van der Waals surface area contributed by atoms with Crippen molar-refractivity contribution in [2.45, 2.75) is 19.6 Å². The van der Waals surface area contributed by atoms with Crippen molar-refractivity contribution < 1.29 is 9.13 Å². The van der Waals surface area contributed by atoms with Crippen molar-refractivity contribution in [1.82, 2.24) is 0 Å². The molecule has 0 unspecified atom stereocenters. The molecule has 0 saturated heterocycles. The number of ether oxygens (including phenoxy) is 1. The van der Waals surface area contributed by atoms with Crippen LogP contribution < -0.4 is 5.73 Å². The van der Waals surface area contributed by atoms with E-state index in [0.717, 1.165) is 12.0 Å². The summed E-state index contributed by atoms with van der Waals surface area (Å²) in [5, 5.41) is 0. The van der Waals surface area contributed by atoms with Gasteiger partial charge < -0.3 is 10.5 Å². The van der Waals surface area contributed by atoms with Crippen molar-refractivity contribution in [1.29, 1.82) is 0 Å². The summed E-state index contributed by atoms with van der Waals surface area (Å²) in [6.07, 6.45) is 0.885. The smallest absolute Gasteiger partial charge is 0.128 e. The molecular formula is C16H18FNO. The molecule has 3 heteroatoms. The summed E-state index contributed by atoms with van der Waals surface area (Å²) in [5.41, 5.74) is 8.39. The third-order valence-corrected chi connectivity index (χ3v) is 2.94. The zero-order chi connectivity index (χ0) is 13.5. The Morgan fingerprint density at radius 3 is 2.26 bits per heavy atom. The summed E-state index contributed by atoms with van der Waals surface area (Å²) in [6, 6.07) is 14.8. The van der Waals surface area contributed by atoms with Crippen LogP contribution in [0, 0.1) is 5.82 Å². The van der Waals surface area contributed by atoms with Crippen molar-refractivity contribution in [2.24, 2.45) is 5.73 Å². The standard InChI is InChI=1S/C16H18FNO/c17-16-4-2-1-3-15(16)12-19-11-14-7-5-13(6-8-14)9-10-18/h1-8H,9-12,18H2. The minimum absolute atomic E-state index is 0.221. The molecule has 0 spiro atoms. The minimum atomic E-state index is -0.221. The van der Waals surface area contributed by atoms with Gasteiger partial charge in [-0.05, 0) is 30.2 Å². The van der Waals surface area contributed by atoms with E-state index in [2.05, 4.69) is 12.1 Å². The van der Waals surface area contributed by atoms with Gasteiger partial charge in [0.15, 0.2) is 0 Å². The summed E-state index contributed by atoms with van der Waals surface area (Å²) < 4.78 is 18.9. The fourth-order valence-electron chi connectivity index (χ4n) is 1.86. The van der Waals surface area contributed by atoms with E-state index in [9.17, 15) is 4.39 Å². The second-order valence-electron chi connectivity index (χ2n) is 4.44. The molecule has 2 nitrogen and oxygen atoms in total. The Balaban J connectivity index is 1.84. The average molecular weight is 259 g/mol. The highest BCUT2D eigenvalue weighted by Gasteiger charge is 2.01. The monoisotopic (exact) mass is 259 g/mol. The minimum Gasteiger partial charge on any atom is -0.372 e. The second kappa shape index (κ2) is 7.02. The molecule has 0 heterocycles. The summed E-state index contributed by atoms with van der Waals surface area (Å²) >= 11 is 0. The first-order chi connectivity index (χ1) is 9.29. The maximum absolute atomic E-state index is 13.4. The molecule has 2 rings (SSSR count). The van der Waals surface area contributed by atoms with E-state index in [0.29, 0.717) is 18.7 Å². The van der Waals surface area contributed by atoms with E-state index < -0.39 is 0 Å². The van der Waals surface area contributed by atoms with Gasteiger partial charge in [-0.2, -0.15) is 0 Å². The Labute approximate surface area is 113 Å². The van der Waals surface area contributed by atoms with Crippen LogP contribution in [-0.2, 0) is 24.4 Å². The van der Waals surface area contributed by atoms with E-state index in [1.54, 1.807) is 12.1 Å². The molecule has 2 aromatic carbocycles. The van der Waals surface area contributed by atoms with Gasteiger partial charge in [0.25, 0.3) is 0 Å². The van der Waals surface area contributed by atoms with Crippen molar-refractivity contribution >= 4 is 0 Å². The van der Waals surface area contributed by atoms with Crippen LogP contribution in [0.15, 0.2) is 48.5 Å². The molecule has 0 aliphatic carbocycles. The highest BCUT2D eigenvalue weighted by Crippen LogP contribution is 2.10. The highest BCUT2D eigenvalue weighted by atomic mass is 19.1. The van der Waals surface area contributed by atoms with Gasteiger partial charge in [0.1, 0.15) is 5.82 Å². The Hall–Kier alpha value is -1.71. The predicted octanol–water partition coefficient (Wildman–Crippen LogP) is 3.04. The van der Waals surface area contributed by atoms with Crippen LogP contribution in [0.5, 0.6) is 0 Å². The third kappa shape index (κ3) is 4.16. The van der Waals surface area contributed by atoms with E-state index in [4.69, 9.17) is 10.5 Å². The number of benzene rings is 2. The number of hydrogen-bond donors (Lipinski definition) is 1. The maximum atomic E-state index is 13.4. The third-order valence-electron chi connectivity index (χ3n) is 2.94. The van der Waals surface area contributed by atoms with Gasteiger partial charge in [-0.3, -0.25) is 0 Å². The van der Waals surface area contributed by atoms with Gasteiger partial charge in [-0.1, -0.05) is 42.5 Å². The van der Waals surface area contributed by atoms with Crippen LogP contribution in [0.25, 0.3) is 0 Å². The summed E-state index contributed by atoms with van der Waals surface area (Å²) in [5.74, 6) is -0.221. The molecule has 0 aromatic heterocycles. The van der Waals surface area contributed by atoms with Gasteiger partial charge >= 0.3 is 0 Å². The van der Waals surface area contributed by atoms with Crippen molar-refractivity contribution in [3.8, 4) is 0 Å². The molecule has 0 fully saturated rings. The molecule has 100 valence electrons. The van der Waals surface area contributed by atoms with Crippen LogP contribution in [0.4, 0.5) is 4.39 Å². The Bertz CT molecular complexity index is 510. The Kier molecular flexibility index (Phi) is 5.07. The van der Waals surface area contributed by atoms with Crippen molar-refractivity contribution in [3.63, 3.8) is 0 Å². The molecule has 0 radical (unpaired) electrons. The van der Waals surface area contributed by atoms with Crippen LogP contribution in [0.2, 0.25) is 0 Å². The number of halogens is 1. The number of hydrogen-bond acceptors (Lipinski definition) is 2. The lowest BCUT2D eigenvalue weighted by Gasteiger charge is -2.06. The van der Waals surface area contributed by atoms with E-state index in [-0.39, 0.29) is 12.4 Å². The number of nitrogens with two attached hydrogens (primary N) is 1. The Morgan fingerprint density at radius 1 is 0.895 bits per heavy atom. The topological polar surface area (TPSA) is 35.2 Å². The first-order valence-electron chi connectivity index (χ1n) is 6.38. The first-order valence-corrected chi connectivity index (χ1v) is 6.38. The molecule has 0 atom stereocenters. The van der Waals surface area contributed by atoms with Crippen molar-refractivity contribution in [3.05, 3.63) is 71.0 Å². The van der Waals surface area contributed by atoms with Gasteiger partial charge in [0.05, 0.1) is 13.2 Å². The lowest BCUT2D eigenvalue weighted by atomic mass is 10.1. The summed E-state index contributed by atoms with van der Waals surface area (Å²) in [7, 11) is 0. The van der Waals surface area contributed by atoms with Crippen LogP contribution >= 0.6 is 0 Å². The fraction of sp³-hybridized carbons (Fsp3) is 0.250. The summed E-state index contributed by atoms with van der Waals surface area (Å²) in [4.78, 5) is 0. The fourth-order valence-corrected chi connectivity index (χ4v) is 1.86. The maximum Gasteiger partial charge on any atom is 0.128 e. The van der Waals surface area contributed by atoms with Crippen LogP contribution in [0.1, 0.15) is 16.7 Å². The Morgan fingerprint density at radius 2 is 1.58 bits per heavy atom. The number of rotatable bonds is 6. The van der Waals surface area contributed by atoms with Crippen LogP contribution in [0.3, 0.4) is 0 Å². The van der Waals surface area contributed by atoms with E-state index in [1.807, 2.05) is 18.2 Å². The predicted molar refractivity (Wildman–Crippen MR) is 74.1 cm³/mol. The SMILES string of the molecule is NCCc1ccc(COCc2ccccc2F)cc1.